The number of hydrogen-bond donors (Lipinski definition) is 0. The van der Waals surface area contributed by atoms with Gasteiger partial charge in [-0.3, -0.25) is 0 Å². The van der Waals surface area contributed by atoms with E-state index in [0.717, 1.165) is 5.56 Å². The van der Waals surface area contributed by atoms with Crippen LogP contribution in [0.1, 0.15) is 17.3 Å². The molecule has 2 aromatic carbocycles. The zero-order valence-electron chi connectivity index (χ0n) is 18.0. The summed E-state index contributed by atoms with van der Waals surface area (Å²) in [5, 5.41) is 8.48. The molecule has 0 aliphatic carbocycles. The van der Waals surface area contributed by atoms with Gasteiger partial charge in [0, 0.05) is 31.7 Å². The molecule has 0 N–H and O–H groups in total. The molecule has 3 aromatic rings. The zero-order chi connectivity index (χ0) is 23.4. The summed E-state index contributed by atoms with van der Waals surface area (Å²) >= 11 is 0. The molecule has 1 aliphatic heterocycles. The third-order valence-corrected chi connectivity index (χ3v) is 7.27. The summed E-state index contributed by atoms with van der Waals surface area (Å²) < 4.78 is 45.5. The van der Waals surface area contributed by atoms with Crippen LogP contribution < -0.4 is 4.90 Å². The Hall–Kier alpha value is -3.37. The van der Waals surface area contributed by atoms with Gasteiger partial charge in [0.1, 0.15) is 5.82 Å². The maximum Gasteiger partial charge on any atom is 0.338 e. The summed E-state index contributed by atoms with van der Waals surface area (Å²) in [6, 6.07) is 15.4. The summed E-state index contributed by atoms with van der Waals surface area (Å²) in [6.07, 6.45) is 0. The van der Waals surface area contributed by atoms with E-state index in [1.807, 2.05) is 17.0 Å². The van der Waals surface area contributed by atoms with Gasteiger partial charge in [-0.05, 0) is 67.6 Å². The normalized spacial score (nSPS) is 14.8. The Balaban J connectivity index is 1.39. The molecular weight excluding hydrogens is 447 g/mol. The van der Waals surface area contributed by atoms with Crippen molar-refractivity contribution >= 4 is 21.8 Å². The molecule has 10 heteroatoms. The number of nitrogens with zero attached hydrogens (tertiary/aromatic N) is 4. The predicted octanol–water partition coefficient (Wildman–Crippen LogP) is 2.97. The molecule has 0 atom stereocenters. The number of benzene rings is 2. The van der Waals surface area contributed by atoms with Crippen molar-refractivity contribution in [3.63, 3.8) is 0 Å². The SMILES string of the molecule is CCOC(=O)c1ccc(S(=O)(=O)N2CCN(c3ccc(-c4ccc(F)cc4)nn3)CC2)cc1. The molecule has 2 heterocycles. The highest BCUT2D eigenvalue weighted by molar-refractivity contribution is 7.89. The van der Waals surface area contributed by atoms with Crippen LogP contribution >= 0.6 is 0 Å². The summed E-state index contributed by atoms with van der Waals surface area (Å²) in [5.74, 6) is -0.149. The molecule has 1 saturated heterocycles. The minimum Gasteiger partial charge on any atom is -0.462 e. The van der Waals surface area contributed by atoms with Crippen LogP contribution in [0.5, 0.6) is 0 Å². The molecule has 0 amide bonds. The van der Waals surface area contributed by atoms with Gasteiger partial charge in [-0.15, -0.1) is 10.2 Å². The summed E-state index contributed by atoms with van der Waals surface area (Å²) in [5.41, 5.74) is 1.70. The lowest BCUT2D eigenvalue weighted by Gasteiger charge is -2.34. The van der Waals surface area contributed by atoms with Crippen molar-refractivity contribution in [3.8, 4) is 11.3 Å². The molecule has 33 heavy (non-hydrogen) atoms. The van der Waals surface area contributed by atoms with Gasteiger partial charge in [0.15, 0.2) is 5.82 Å². The number of sulfonamides is 1. The van der Waals surface area contributed by atoms with Gasteiger partial charge < -0.3 is 9.64 Å². The molecule has 8 nitrogen and oxygen atoms in total. The Morgan fingerprint density at radius 2 is 1.61 bits per heavy atom. The van der Waals surface area contributed by atoms with Crippen LogP contribution in [-0.2, 0) is 14.8 Å². The fraction of sp³-hybridized carbons (Fsp3) is 0.261. The highest BCUT2D eigenvalue weighted by Crippen LogP contribution is 2.22. The third kappa shape index (κ3) is 5.01. The number of ether oxygens (including phenoxy) is 1. The van der Waals surface area contributed by atoms with Gasteiger partial charge in [-0.25, -0.2) is 17.6 Å². The molecular formula is C23H23FN4O4S. The van der Waals surface area contributed by atoms with Crippen LogP contribution in [-0.4, -0.2) is 61.7 Å². The minimum absolute atomic E-state index is 0.132. The topological polar surface area (TPSA) is 92.7 Å². The van der Waals surface area contributed by atoms with Gasteiger partial charge in [-0.1, -0.05) is 0 Å². The van der Waals surface area contributed by atoms with Gasteiger partial charge in [0.05, 0.1) is 22.8 Å². The van der Waals surface area contributed by atoms with E-state index in [1.165, 1.54) is 40.7 Å². The average molecular weight is 471 g/mol. The van der Waals surface area contributed by atoms with E-state index in [4.69, 9.17) is 4.74 Å². The number of aromatic nitrogens is 2. The minimum atomic E-state index is -3.68. The first-order valence-corrected chi connectivity index (χ1v) is 11.9. The number of hydrogen-bond acceptors (Lipinski definition) is 7. The van der Waals surface area contributed by atoms with Crippen LogP contribution in [0.2, 0.25) is 0 Å². The molecule has 1 fully saturated rings. The van der Waals surface area contributed by atoms with Crippen LogP contribution in [0.15, 0.2) is 65.6 Å². The van der Waals surface area contributed by atoms with E-state index in [-0.39, 0.29) is 17.3 Å². The fourth-order valence-electron chi connectivity index (χ4n) is 3.55. The lowest BCUT2D eigenvalue weighted by molar-refractivity contribution is 0.0526. The number of carbonyl (C=O) groups excluding carboxylic acids is 1. The number of esters is 1. The van der Waals surface area contributed by atoms with Crippen molar-refractivity contribution in [1.82, 2.24) is 14.5 Å². The van der Waals surface area contributed by atoms with E-state index in [1.54, 1.807) is 19.1 Å². The molecule has 0 unspecified atom stereocenters. The second-order valence-electron chi connectivity index (χ2n) is 7.42. The van der Waals surface area contributed by atoms with Gasteiger partial charge in [0.25, 0.3) is 0 Å². The number of piperazine rings is 1. The van der Waals surface area contributed by atoms with Crippen molar-refractivity contribution < 1.29 is 22.3 Å². The van der Waals surface area contributed by atoms with Gasteiger partial charge >= 0.3 is 5.97 Å². The standard InChI is InChI=1S/C23H23FN4O4S/c1-2-32-23(29)18-5-9-20(10-6-18)33(30,31)28-15-13-27(14-16-28)22-12-11-21(25-26-22)17-3-7-19(24)8-4-17/h3-12H,2,13-16H2,1H3. The molecule has 0 saturated carbocycles. The largest absolute Gasteiger partial charge is 0.462 e. The second-order valence-corrected chi connectivity index (χ2v) is 9.36. The van der Waals surface area contributed by atoms with Crippen molar-refractivity contribution in [2.24, 2.45) is 0 Å². The number of halogens is 1. The first-order valence-electron chi connectivity index (χ1n) is 10.5. The quantitative estimate of drug-likeness (QED) is 0.512. The Bertz CT molecular complexity index is 1210. The molecule has 4 rings (SSSR count). The Morgan fingerprint density at radius 3 is 2.18 bits per heavy atom. The molecule has 172 valence electrons. The van der Waals surface area contributed by atoms with Crippen molar-refractivity contribution in [2.45, 2.75) is 11.8 Å². The Morgan fingerprint density at radius 1 is 0.939 bits per heavy atom. The maximum atomic E-state index is 13.1. The molecule has 0 bridgehead atoms. The Kier molecular flexibility index (Phi) is 6.66. The van der Waals surface area contributed by atoms with Crippen LogP contribution in [0.25, 0.3) is 11.3 Å². The van der Waals surface area contributed by atoms with Crippen molar-refractivity contribution in [2.75, 3.05) is 37.7 Å². The van der Waals surface area contributed by atoms with E-state index in [2.05, 4.69) is 10.2 Å². The van der Waals surface area contributed by atoms with E-state index in [0.29, 0.717) is 43.3 Å². The van der Waals surface area contributed by atoms with Crippen LogP contribution in [0.3, 0.4) is 0 Å². The molecule has 1 aromatic heterocycles. The monoisotopic (exact) mass is 470 g/mol. The third-order valence-electron chi connectivity index (χ3n) is 5.36. The maximum absolute atomic E-state index is 13.1. The molecule has 0 spiro atoms. The predicted molar refractivity (Wildman–Crippen MR) is 121 cm³/mol. The van der Waals surface area contributed by atoms with E-state index in [9.17, 15) is 17.6 Å². The number of carbonyl (C=O) groups is 1. The first kappa shape index (κ1) is 22.8. The summed E-state index contributed by atoms with van der Waals surface area (Å²) in [7, 11) is -3.68. The number of anilines is 1. The Labute approximate surface area is 191 Å². The highest BCUT2D eigenvalue weighted by atomic mass is 32.2. The lowest BCUT2D eigenvalue weighted by atomic mass is 10.1. The van der Waals surface area contributed by atoms with E-state index >= 15 is 0 Å². The van der Waals surface area contributed by atoms with Crippen molar-refractivity contribution in [3.05, 3.63) is 72.0 Å². The van der Waals surface area contributed by atoms with Crippen LogP contribution in [0.4, 0.5) is 10.2 Å². The smallest absolute Gasteiger partial charge is 0.338 e. The highest BCUT2D eigenvalue weighted by Gasteiger charge is 2.29. The van der Waals surface area contributed by atoms with Crippen LogP contribution in [0, 0.1) is 5.82 Å². The lowest BCUT2D eigenvalue weighted by Crippen LogP contribution is -2.49. The molecule has 1 aliphatic rings. The fourth-order valence-corrected chi connectivity index (χ4v) is 4.97. The molecule has 0 radical (unpaired) electrons. The number of rotatable bonds is 6. The summed E-state index contributed by atoms with van der Waals surface area (Å²) in [4.78, 5) is 13.9. The zero-order valence-corrected chi connectivity index (χ0v) is 18.8. The second kappa shape index (κ2) is 9.63. The summed E-state index contributed by atoms with van der Waals surface area (Å²) in [6.45, 7) is 3.48. The van der Waals surface area contributed by atoms with Gasteiger partial charge in [-0.2, -0.15) is 4.31 Å². The van der Waals surface area contributed by atoms with Crippen molar-refractivity contribution in [1.29, 1.82) is 0 Å². The average Bonchev–Trinajstić information content (AvgIpc) is 2.85. The van der Waals surface area contributed by atoms with Gasteiger partial charge in [0.2, 0.25) is 10.0 Å². The first-order chi connectivity index (χ1) is 15.9. The van der Waals surface area contributed by atoms with E-state index < -0.39 is 16.0 Å².